The van der Waals surface area contributed by atoms with Gasteiger partial charge < -0.3 is 0 Å². The molecule has 2 aliphatic carbocycles. The average molecular weight is 163 g/mol. The minimum Gasteiger partial charge on any atom is -0.299 e. The van der Waals surface area contributed by atoms with Crippen LogP contribution in [0.15, 0.2) is 6.58 Å². The molecule has 1 nitrogen and oxygen atoms in total. The highest BCUT2D eigenvalue weighted by Crippen LogP contribution is 2.63. The topological polar surface area (TPSA) is 17.1 Å². The van der Waals surface area contributed by atoms with E-state index in [2.05, 4.69) is 26.5 Å². The van der Waals surface area contributed by atoms with Crippen LogP contribution < -0.4 is 0 Å². The third-order valence-electron chi connectivity index (χ3n) is 4.20. The molecule has 2 rings (SSSR count). The van der Waals surface area contributed by atoms with Crippen molar-refractivity contribution in [3.05, 3.63) is 12.7 Å². The van der Waals surface area contributed by atoms with Crippen molar-refractivity contribution >= 4 is 5.78 Å². The maximum absolute atomic E-state index is 11.7. The maximum atomic E-state index is 11.7. The van der Waals surface area contributed by atoms with Crippen molar-refractivity contribution in [2.24, 2.45) is 16.7 Å². The molecule has 0 aromatic rings. The Kier molecular flexibility index (Phi) is 1.35. The Balaban J connectivity index is 2.52. The van der Waals surface area contributed by atoms with Crippen molar-refractivity contribution in [2.75, 3.05) is 0 Å². The van der Waals surface area contributed by atoms with Gasteiger partial charge >= 0.3 is 0 Å². The average Bonchev–Trinajstić information content (AvgIpc) is 2.36. The van der Waals surface area contributed by atoms with Gasteiger partial charge in [0.1, 0.15) is 5.78 Å². The summed E-state index contributed by atoms with van der Waals surface area (Å²) in [6.45, 7) is 8.09. The van der Waals surface area contributed by atoms with Crippen molar-refractivity contribution in [1.82, 2.24) is 0 Å². The van der Waals surface area contributed by atoms with Gasteiger partial charge in [0, 0.05) is 6.42 Å². The normalized spacial score (nSPS) is 43.5. The van der Waals surface area contributed by atoms with E-state index >= 15 is 0 Å². The Morgan fingerprint density at radius 3 is 2.50 bits per heavy atom. The molecule has 0 heterocycles. The second-order valence-electron chi connectivity index (χ2n) is 4.67. The highest BCUT2D eigenvalue weighted by Gasteiger charge is 2.62. The molecule has 0 aromatic carbocycles. The van der Waals surface area contributed by atoms with Crippen molar-refractivity contribution in [2.45, 2.75) is 33.1 Å². The predicted molar refractivity (Wildman–Crippen MR) is 47.4 cm³/mol. The highest BCUT2D eigenvalue weighted by atomic mass is 16.1. The lowest BCUT2D eigenvalue weighted by Gasteiger charge is -2.32. The Morgan fingerprint density at radius 2 is 2.25 bits per heavy atom. The smallest absolute Gasteiger partial charge is 0.144 e. The first-order valence-corrected chi connectivity index (χ1v) is 4.62. The molecule has 0 amide bonds. The van der Waals surface area contributed by atoms with Crippen molar-refractivity contribution < 1.29 is 4.79 Å². The number of hydrogen-bond donors (Lipinski definition) is 0. The second kappa shape index (κ2) is 2.01. The summed E-state index contributed by atoms with van der Waals surface area (Å²) >= 11 is 0. The summed E-state index contributed by atoms with van der Waals surface area (Å²) in [4.78, 5) is 11.7. The Morgan fingerprint density at radius 1 is 1.58 bits per heavy atom. The fraction of sp³-hybridized carbons (Fsp3) is 0.727. The number of ketones is 1. The third kappa shape index (κ3) is 0.596. The SMILES string of the molecule is C=[C]C12CCC(CC1=O)C2(C)C. The van der Waals surface area contributed by atoms with Gasteiger partial charge in [-0.05, 0) is 30.3 Å². The summed E-state index contributed by atoms with van der Waals surface area (Å²) in [7, 11) is 0. The van der Waals surface area contributed by atoms with E-state index < -0.39 is 0 Å². The van der Waals surface area contributed by atoms with Gasteiger partial charge in [0.05, 0.1) is 5.41 Å². The lowest BCUT2D eigenvalue weighted by molar-refractivity contribution is -0.126. The molecule has 2 saturated carbocycles. The Hall–Kier alpha value is -0.590. The zero-order valence-electron chi connectivity index (χ0n) is 7.81. The molecule has 0 aromatic heterocycles. The first-order chi connectivity index (χ1) is 5.54. The van der Waals surface area contributed by atoms with E-state index in [-0.39, 0.29) is 10.8 Å². The molecule has 1 heteroatoms. The minimum atomic E-state index is -0.294. The van der Waals surface area contributed by atoms with Crippen LogP contribution in [0.1, 0.15) is 33.1 Å². The lowest BCUT2D eigenvalue weighted by atomic mass is 9.69. The molecule has 2 atom stereocenters. The number of allylic oxidation sites excluding steroid dienone is 1. The molecule has 2 fully saturated rings. The molecule has 2 bridgehead atoms. The van der Waals surface area contributed by atoms with E-state index in [1.807, 2.05) is 0 Å². The molecule has 65 valence electrons. The number of carbonyl (C=O) groups excluding carboxylic acids is 1. The summed E-state index contributed by atoms with van der Waals surface area (Å²) in [5.41, 5.74) is -0.177. The number of carbonyl (C=O) groups is 1. The van der Waals surface area contributed by atoms with Crippen LogP contribution in [-0.4, -0.2) is 5.78 Å². The molecular formula is C11H15O. The van der Waals surface area contributed by atoms with Crippen LogP contribution in [0.5, 0.6) is 0 Å². The lowest BCUT2D eigenvalue weighted by Crippen LogP contribution is -2.33. The van der Waals surface area contributed by atoms with E-state index in [0.717, 1.165) is 12.8 Å². The standard InChI is InChI=1S/C11H15O/c1-4-11-6-5-8(7-9(11)12)10(11,2)3/h8H,1,5-7H2,2-3H3. The molecule has 1 radical (unpaired) electrons. The number of fused-ring (bicyclic) bond motifs is 2. The zero-order valence-corrected chi connectivity index (χ0v) is 7.81. The van der Waals surface area contributed by atoms with Crippen LogP contribution in [0.2, 0.25) is 0 Å². The fourth-order valence-electron chi connectivity index (χ4n) is 3.09. The Labute approximate surface area is 73.8 Å². The molecule has 0 spiro atoms. The van der Waals surface area contributed by atoms with Crippen molar-refractivity contribution in [3.63, 3.8) is 0 Å². The van der Waals surface area contributed by atoms with Gasteiger partial charge in [0.25, 0.3) is 0 Å². The zero-order chi connectivity index (χ0) is 8.98. The summed E-state index contributed by atoms with van der Waals surface area (Å²) < 4.78 is 0. The van der Waals surface area contributed by atoms with Crippen LogP contribution in [-0.2, 0) is 4.79 Å². The molecule has 0 N–H and O–H groups in total. The Bertz CT molecular complexity index is 252. The minimum absolute atomic E-state index is 0.117. The predicted octanol–water partition coefficient (Wildman–Crippen LogP) is 2.37. The highest BCUT2D eigenvalue weighted by molar-refractivity contribution is 5.90. The summed E-state index contributed by atoms with van der Waals surface area (Å²) in [6, 6.07) is 0. The van der Waals surface area contributed by atoms with Gasteiger partial charge in [-0.25, -0.2) is 0 Å². The molecular weight excluding hydrogens is 148 g/mol. The van der Waals surface area contributed by atoms with Gasteiger partial charge in [-0.3, -0.25) is 4.79 Å². The van der Waals surface area contributed by atoms with Crippen LogP contribution >= 0.6 is 0 Å². The van der Waals surface area contributed by atoms with Gasteiger partial charge in [0.2, 0.25) is 0 Å². The summed E-state index contributed by atoms with van der Waals surface area (Å²) in [6.07, 6.45) is 5.93. The van der Waals surface area contributed by atoms with Crippen molar-refractivity contribution in [3.8, 4) is 0 Å². The monoisotopic (exact) mass is 163 g/mol. The second-order valence-corrected chi connectivity index (χ2v) is 4.67. The molecule has 0 aliphatic heterocycles. The first kappa shape index (κ1) is 8.03. The fourth-order valence-corrected chi connectivity index (χ4v) is 3.09. The number of rotatable bonds is 1. The van der Waals surface area contributed by atoms with Crippen LogP contribution in [0.3, 0.4) is 0 Å². The van der Waals surface area contributed by atoms with Crippen LogP contribution in [0.25, 0.3) is 0 Å². The van der Waals surface area contributed by atoms with Gasteiger partial charge in [-0.15, -0.1) is 0 Å². The van der Waals surface area contributed by atoms with E-state index in [9.17, 15) is 4.79 Å². The molecule has 12 heavy (non-hydrogen) atoms. The third-order valence-corrected chi connectivity index (χ3v) is 4.20. The number of hydrogen-bond acceptors (Lipinski definition) is 1. The van der Waals surface area contributed by atoms with Crippen LogP contribution in [0, 0.1) is 22.8 Å². The number of Topliss-reactive ketones (excluding diaryl/α,β-unsaturated/α-hetero) is 1. The molecule has 2 unspecified atom stereocenters. The molecule has 2 aliphatic rings. The van der Waals surface area contributed by atoms with E-state index in [0.29, 0.717) is 11.7 Å². The summed E-state index contributed by atoms with van der Waals surface area (Å²) in [5.74, 6) is 0.956. The molecule has 0 saturated heterocycles. The summed E-state index contributed by atoms with van der Waals surface area (Å²) in [5, 5.41) is 0. The maximum Gasteiger partial charge on any atom is 0.144 e. The largest absolute Gasteiger partial charge is 0.299 e. The first-order valence-electron chi connectivity index (χ1n) is 4.62. The van der Waals surface area contributed by atoms with Gasteiger partial charge in [-0.2, -0.15) is 0 Å². The van der Waals surface area contributed by atoms with E-state index in [4.69, 9.17) is 0 Å². The van der Waals surface area contributed by atoms with Crippen LogP contribution in [0.4, 0.5) is 0 Å². The van der Waals surface area contributed by atoms with Gasteiger partial charge in [0.15, 0.2) is 0 Å². The van der Waals surface area contributed by atoms with Gasteiger partial charge in [-0.1, -0.05) is 20.4 Å². The van der Waals surface area contributed by atoms with Crippen molar-refractivity contribution in [1.29, 1.82) is 0 Å². The van der Waals surface area contributed by atoms with E-state index in [1.54, 1.807) is 0 Å². The quantitative estimate of drug-likeness (QED) is 0.580. The van der Waals surface area contributed by atoms with E-state index in [1.165, 1.54) is 6.42 Å².